The Bertz CT molecular complexity index is 1230. The number of nitrogens with zero attached hydrogens (tertiary/aromatic N) is 6. The van der Waals surface area contributed by atoms with Crippen LogP contribution in [0.4, 0.5) is 13.2 Å². The van der Waals surface area contributed by atoms with E-state index in [1.807, 2.05) is 56.7 Å². The van der Waals surface area contributed by atoms with Gasteiger partial charge in [-0.1, -0.05) is 32.1 Å². The largest absolute Gasteiger partial charge is 0.495 e. The van der Waals surface area contributed by atoms with Crippen LogP contribution in [0.3, 0.4) is 0 Å². The second kappa shape index (κ2) is 9.59. The molecular weight excluding hydrogens is 473 g/mol. The fraction of sp³-hybridized carbons (Fsp3) is 0.520. The van der Waals surface area contributed by atoms with Crippen LogP contribution >= 0.6 is 0 Å². The van der Waals surface area contributed by atoms with Crippen LogP contribution in [-0.2, 0) is 4.79 Å². The maximum absolute atomic E-state index is 13.3. The van der Waals surface area contributed by atoms with Gasteiger partial charge in [0.05, 0.1) is 31.0 Å². The lowest BCUT2D eigenvalue weighted by molar-refractivity contribution is -0.162. The van der Waals surface area contributed by atoms with Gasteiger partial charge in [-0.3, -0.25) is 4.79 Å². The van der Waals surface area contributed by atoms with Gasteiger partial charge in [-0.25, -0.2) is 9.67 Å². The lowest BCUT2D eigenvalue weighted by Gasteiger charge is -2.30. The molecule has 1 fully saturated rings. The topological polar surface area (TPSA) is 78.1 Å². The second-order valence-corrected chi connectivity index (χ2v) is 10.4. The summed E-state index contributed by atoms with van der Waals surface area (Å²) in [6, 6.07) is 4.66. The summed E-state index contributed by atoms with van der Waals surface area (Å²) in [5.74, 6) is 0.0448. The molecule has 3 aromatic rings. The molecule has 8 nitrogen and oxygen atoms in total. The number of rotatable bonds is 5. The maximum Gasteiger partial charge on any atom is 0.406 e. The first-order valence-electron chi connectivity index (χ1n) is 11.8. The highest BCUT2D eigenvalue weighted by Gasteiger charge is 2.41. The van der Waals surface area contributed by atoms with Gasteiger partial charge in [0.1, 0.15) is 24.0 Å². The van der Waals surface area contributed by atoms with Crippen molar-refractivity contribution in [1.29, 1.82) is 0 Å². The summed E-state index contributed by atoms with van der Waals surface area (Å²) in [7, 11) is 1.56. The van der Waals surface area contributed by atoms with Crippen LogP contribution < -0.4 is 4.74 Å². The predicted molar refractivity (Wildman–Crippen MR) is 128 cm³/mol. The summed E-state index contributed by atoms with van der Waals surface area (Å²) in [6.45, 7) is 6.81. The zero-order valence-corrected chi connectivity index (χ0v) is 21.1. The van der Waals surface area contributed by atoms with Crippen molar-refractivity contribution in [2.75, 3.05) is 20.2 Å². The average Bonchev–Trinajstić information content (AvgIpc) is 3.42. The van der Waals surface area contributed by atoms with Crippen LogP contribution in [-0.4, -0.2) is 61.7 Å². The maximum atomic E-state index is 13.3. The molecule has 11 heteroatoms. The second-order valence-electron chi connectivity index (χ2n) is 10.4. The third-order valence-corrected chi connectivity index (χ3v) is 6.74. The summed E-state index contributed by atoms with van der Waals surface area (Å²) in [5, 5.41) is 8.42. The number of carbonyl (C=O) groups excluding carboxylic acids is 1. The number of aromatic nitrogens is 5. The van der Waals surface area contributed by atoms with Gasteiger partial charge < -0.3 is 14.2 Å². The zero-order valence-electron chi connectivity index (χ0n) is 21.1. The number of imidazole rings is 1. The lowest BCUT2D eigenvalue weighted by atomic mass is 9.76. The molecule has 0 bridgehead atoms. The van der Waals surface area contributed by atoms with Crippen molar-refractivity contribution in [2.24, 2.45) is 11.3 Å². The van der Waals surface area contributed by atoms with E-state index in [1.54, 1.807) is 19.6 Å². The van der Waals surface area contributed by atoms with Crippen molar-refractivity contribution in [1.82, 2.24) is 29.4 Å². The molecule has 1 aliphatic rings. The molecular formula is C25H31F3N6O2. The minimum atomic E-state index is -4.47. The molecule has 3 heterocycles. The number of hydrogen-bond donors (Lipinski definition) is 0. The summed E-state index contributed by atoms with van der Waals surface area (Å²) in [6.07, 6.45) is 1.61. The number of amides is 1. The fourth-order valence-corrected chi connectivity index (χ4v) is 4.67. The van der Waals surface area contributed by atoms with E-state index in [9.17, 15) is 18.0 Å². The summed E-state index contributed by atoms with van der Waals surface area (Å²) < 4.78 is 48.5. The van der Waals surface area contributed by atoms with Gasteiger partial charge in [-0.2, -0.15) is 13.2 Å². The van der Waals surface area contributed by atoms with Crippen LogP contribution in [0.1, 0.15) is 45.3 Å². The molecule has 0 aliphatic carbocycles. The molecule has 1 amide bonds. The molecule has 2 atom stereocenters. The zero-order chi connectivity index (χ0) is 26.3. The van der Waals surface area contributed by atoms with Crippen molar-refractivity contribution in [3.63, 3.8) is 0 Å². The first-order valence-corrected chi connectivity index (χ1v) is 11.8. The highest BCUT2D eigenvalue weighted by Crippen LogP contribution is 2.39. The van der Waals surface area contributed by atoms with Gasteiger partial charge in [0.2, 0.25) is 5.91 Å². The molecule has 0 saturated carbocycles. The highest BCUT2D eigenvalue weighted by molar-refractivity contribution is 5.81. The molecule has 4 rings (SSSR count). The Hall–Kier alpha value is -3.37. The number of benzene rings is 1. The quantitative estimate of drug-likeness (QED) is 0.497. The number of ether oxygens (including phenoxy) is 1. The van der Waals surface area contributed by atoms with E-state index in [-0.39, 0.29) is 17.9 Å². The van der Waals surface area contributed by atoms with Gasteiger partial charge in [-0.15, -0.1) is 5.10 Å². The standard InChI is InChI=1S/C25H31F3N6O2/c1-16-12-33(15-29-16)20-7-6-17(10-22(20)36-5)19-13-34(31-30-19)21-11-18(24(2,3)4)8-9-32(23(21)35)14-25(26,27)28/h6-7,10,12-13,15,18,21H,8-9,11,14H2,1-5H3/t18-,21?/m1/s1. The van der Waals surface area contributed by atoms with Gasteiger partial charge in [0.15, 0.2) is 0 Å². The van der Waals surface area contributed by atoms with E-state index in [4.69, 9.17) is 4.74 Å². The van der Waals surface area contributed by atoms with Crippen molar-refractivity contribution in [2.45, 2.75) is 52.8 Å². The third-order valence-electron chi connectivity index (χ3n) is 6.74. The van der Waals surface area contributed by atoms with E-state index in [0.717, 1.165) is 16.3 Å². The van der Waals surface area contributed by atoms with E-state index < -0.39 is 24.7 Å². The van der Waals surface area contributed by atoms with Crippen LogP contribution in [0.5, 0.6) is 5.75 Å². The van der Waals surface area contributed by atoms with Gasteiger partial charge in [0.25, 0.3) is 0 Å². The average molecular weight is 505 g/mol. The number of aryl methyl sites for hydroxylation is 1. The molecule has 194 valence electrons. The molecule has 1 saturated heterocycles. The number of halogens is 3. The molecule has 1 unspecified atom stereocenters. The molecule has 1 aromatic carbocycles. The molecule has 1 aliphatic heterocycles. The number of carbonyl (C=O) groups is 1. The van der Waals surface area contributed by atoms with Gasteiger partial charge in [0, 0.05) is 18.3 Å². The van der Waals surface area contributed by atoms with E-state index in [1.165, 1.54) is 4.68 Å². The Morgan fingerprint density at radius 2 is 1.92 bits per heavy atom. The van der Waals surface area contributed by atoms with Crippen LogP contribution in [0.25, 0.3) is 16.9 Å². The Balaban J connectivity index is 1.66. The number of likely N-dealkylation sites (tertiary alicyclic amines) is 1. The summed E-state index contributed by atoms with van der Waals surface area (Å²) in [5.41, 5.74) is 2.69. The minimum Gasteiger partial charge on any atom is -0.495 e. The summed E-state index contributed by atoms with van der Waals surface area (Å²) in [4.78, 5) is 18.4. The normalized spacial score (nSPS) is 19.4. The molecule has 0 radical (unpaired) electrons. The number of hydrogen-bond acceptors (Lipinski definition) is 5. The van der Waals surface area contributed by atoms with Gasteiger partial charge in [-0.05, 0) is 43.2 Å². The van der Waals surface area contributed by atoms with Crippen molar-refractivity contribution in [3.8, 4) is 22.7 Å². The van der Waals surface area contributed by atoms with Crippen molar-refractivity contribution >= 4 is 5.91 Å². The molecule has 2 aromatic heterocycles. The van der Waals surface area contributed by atoms with Crippen LogP contribution in [0.2, 0.25) is 0 Å². The molecule has 0 N–H and O–H groups in total. The fourth-order valence-electron chi connectivity index (χ4n) is 4.67. The first kappa shape index (κ1) is 25.7. The Morgan fingerprint density at radius 1 is 1.17 bits per heavy atom. The molecule has 36 heavy (non-hydrogen) atoms. The summed E-state index contributed by atoms with van der Waals surface area (Å²) >= 11 is 0. The van der Waals surface area contributed by atoms with Crippen molar-refractivity contribution < 1.29 is 22.7 Å². The lowest BCUT2D eigenvalue weighted by Crippen LogP contribution is -2.42. The first-order chi connectivity index (χ1) is 16.9. The van der Waals surface area contributed by atoms with E-state index in [0.29, 0.717) is 29.8 Å². The Kier molecular flexibility index (Phi) is 6.85. The van der Waals surface area contributed by atoms with Crippen LogP contribution in [0, 0.1) is 18.3 Å². The van der Waals surface area contributed by atoms with E-state index >= 15 is 0 Å². The number of alkyl halides is 3. The smallest absolute Gasteiger partial charge is 0.406 e. The highest BCUT2D eigenvalue weighted by atomic mass is 19.4. The predicted octanol–water partition coefficient (Wildman–Crippen LogP) is 4.84. The van der Waals surface area contributed by atoms with Crippen molar-refractivity contribution in [3.05, 3.63) is 42.6 Å². The van der Waals surface area contributed by atoms with E-state index in [2.05, 4.69) is 15.3 Å². The Morgan fingerprint density at radius 3 is 2.53 bits per heavy atom. The SMILES string of the molecule is COc1cc(-c2cn(C3C[C@H](C(C)(C)C)CCN(CC(F)(F)F)C3=O)nn2)ccc1-n1cnc(C)c1. The minimum absolute atomic E-state index is 0.0374. The van der Waals surface area contributed by atoms with Gasteiger partial charge >= 0.3 is 6.18 Å². The number of methoxy groups -OCH3 is 1. The third kappa shape index (κ3) is 5.55. The Labute approximate surface area is 208 Å². The monoisotopic (exact) mass is 504 g/mol. The van der Waals surface area contributed by atoms with Crippen LogP contribution in [0.15, 0.2) is 36.9 Å². The molecule has 0 spiro atoms.